The largest absolute Gasteiger partial charge is 0.496 e. The van der Waals surface area contributed by atoms with Crippen LogP contribution in [-0.4, -0.2) is 29.7 Å². The first kappa shape index (κ1) is 14.1. The van der Waals surface area contributed by atoms with Gasteiger partial charge < -0.3 is 15.2 Å². The van der Waals surface area contributed by atoms with Gasteiger partial charge in [-0.3, -0.25) is 4.79 Å². The molecule has 1 aromatic heterocycles. The van der Waals surface area contributed by atoms with Crippen LogP contribution < -0.4 is 10.1 Å². The number of carbonyl (C=O) groups is 1. The smallest absolute Gasteiger partial charge is 0.310 e. The van der Waals surface area contributed by atoms with Gasteiger partial charge in [0.2, 0.25) is 0 Å². The maximum absolute atomic E-state index is 11.1. The summed E-state index contributed by atoms with van der Waals surface area (Å²) in [5.41, 5.74) is -0.858. The number of aromatic nitrogens is 1. The Morgan fingerprint density at radius 3 is 2.75 bits per heavy atom. The van der Waals surface area contributed by atoms with E-state index in [9.17, 15) is 4.79 Å². The fourth-order valence-electron chi connectivity index (χ4n) is 1.88. The van der Waals surface area contributed by atoms with E-state index in [1.54, 1.807) is 27.2 Å². The van der Waals surface area contributed by atoms with Crippen LogP contribution in [0.4, 0.5) is 5.82 Å². The van der Waals surface area contributed by atoms with E-state index in [1.807, 2.05) is 24.3 Å². The SMILES string of the molecule is COc1cccc2c(NCC(C)(C)C(=O)O)nccc12. The van der Waals surface area contributed by atoms with Crippen LogP contribution in [0.2, 0.25) is 0 Å². The van der Waals surface area contributed by atoms with Gasteiger partial charge >= 0.3 is 5.97 Å². The fraction of sp³-hybridized carbons (Fsp3) is 0.333. The molecule has 0 aliphatic heterocycles. The highest BCUT2D eigenvalue weighted by atomic mass is 16.5. The quantitative estimate of drug-likeness (QED) is 0.877. The van der Waals surface area contributed by atoms with E-state index in [0.717, 1.165) is 16.5 Å². The van der Waals surface area contributed by atoms with Crippen molar-refractivity contribution < 1.29 is 14.6 Å². The number of hydrogen-bond donors (Lipinski definition) is 2. The van der Waals surface area contributed by atoms with Crippen LogP contribution in [-0.2, 0) is 4.79 Å². The van der Waals surface area contributed by atoms with Crippen molar-refractivity contribution in [3.63, 3.8) is 0 Å². The van der Waals surface area contributed by atoms with Gasteiger partial charge in [-0.2, -0.15) is 0 Å². The lowest BCUT2D eigenvalue weighted by Gasteiger charge is -2.20. The Balaban J connectivity index is 2.34. The molecular formula is C15H18N2O3. The second-order valence-corrected chi connectivity index (χ2v) is 5.26. The lowest BCUT2D eigenvalue weighted by molar-refractivity contribution is -0.146. The number of fused-ring (bicyclic) bond motifs is 1. The summed E-state index contributed by atoms with van der Waals surface area (Å²) in [6, 6.07) is 7.58. The number of methoxy groups -OCH3 is 1. The van der Waals surface area contributed by atoms with E-state index < -0.39 is 11.4 Å². The summed E-state index contributed by atoms with van der Waals surface area (Å²) in [6.07, 6.45) is 1.68. The van der Waals surface area contributed by atoms with Gasteiger partial charge in [-0.25, -0.2) is 4.98 Å². The molecule has 2 aromatic rings. The van der Waals surface area contributed by atoms with Crippen LogP contribution in [0.15, 0.2) is 30.5 Å². The highest BCUT2D eigenvalue weighted by molar-refractivity contribution is 5.96. The number of carboxylic acid groups (broad SMARTS) is 1. The average Bonchev–Trinajstić information content (AvgIpc) is 2.44. The molecule has 2 N–H and O–H groups in total. The standard InChI is InChI=1S/C15H18N2O3/c1-15(2,14(18)19)9-17-13-11-5-4-6-12(20-3)10(11)7-8-16-13/h4-8H,9H2,1-3H3,(H,16,17)(H,18,19). The van der Waals surface area contributed by atoms with Gasteiger partial charge in [-0.15, -0.1) is 0 Å². The third kappa shape index (κ3) is 2.66. The summed E-state index contributed by atoms with van der Waals surface area (Å²) in [7, 11) is 1.62. The molecular weight excluding hydrogens is 256 g/mol. The Morgan fingerprint density at radius 2 is 2.10 bits per heavy atom. The van der Waals surface area contributed by atoms with Gasteiger partial charge in [0.05, 0.1) is 12.5 Å². The van der Waals surface area contributed by atoms with Crippen molar-refractivity contribution in [2.24, 2.45) is 5.41 Å². The van der Waals surface area contributed by atoms with Gasteiger partial charge in [0.25, 0.3) is 0 Å². The predicted octanol–water partition coefficient (Wildman–Crippen LogP) is 2.77. The minimum atomic E-state index is -0.858. The summed E-state index contributed by atoms with van der Waals surface area (Å²) in [6.45, 7) is 3.65. The zero-order valence-electron chi connectivity index (χ0n) is 11.8. The number of carboxylic acids is 1. The van der Waals surface area contributed by atoms with Gasteiger partial charge in [0.15, 0.2) is 0 Å². The summed E-state index contributed by atoms with van der Waals surface area (Å²) >= 11 is 0. The zero-order valence-corrected chi connectivity index (χ0v) is 11.8. The molecule has 5 heteroatoms. The molecule has 0 unspecified atom stereocenters. The molecule has 106 valence electrons. The molecule has 0 radical (unpaired) electrons. The second kappa shape index (κ2) is 5.36. The minimum Gasteiger partial charge on any atom is -0.496 e. The van der Waals surface area contributed by atoms with Crippen LogP contribution in [0.3, 0.4) is 0 Å². The van der Waals surface area contributed by atoms with Crippen molar-refractivity contribution in [2.45, 2.75) is 13.8 Å². The number of anilines is 1. The number of nitrogens with one attached hydrogen (secondary N) is 1. The van der Waals surface area contributed by atoms with Gasteiger partial charge in [0, 0.05) is 23.5 Å². The number of hydrogen-bond acceptors (Lipinski definition) is 4. The molecule has 0 saturated heterocycles. The maximum atomic E-state index is 11.1. The van der Waals surface area contributed by atoms with Crippen molar-refractivity contribution in [1.82, 2.24) is 4.98 Å². The Morgan fingerprint density at radius 1 is 1.35 bits per heavy atom. The van der Waals surface area contributed by atoms with Crippen LogP contribution >= 0.6 is 0 Å². The van der Waals surface area contributed by atoms with Gasteiger partial charge in [-0.1, -0.05) is 12.1 Å². The summed E-state index contributed by atoms with van der Waals surface area (Å²) in [5, 5.41) is 14.1. The first-order valence-electron chi connectivity index (χ1n) is 6.35. The van der Waals surface area contributed by atoms with Crippen LogP contribution in [0, 0.1) is 5.41 Å². The number of ether oxygens (including phenoxy) is 1. The molecule has 0 saturated carbocycles. The number of benzene rings is 1. The first-order chi connectivity index (χ1) is 9.45. The number of nitrogens with zero attached hydrogens (tertiary/aromatic N) is 1. The average molecular weight is 274 g/mol. The van der Waals surface area contributed by atoms with E-state index in [4.69, 9.17) is 9.84 Å². The summed E-state index contributed by atoms with van der Waals surface area (Å²) in [5.74, 6) is 0.587. The van der Waals surface area contributed by atoms with E-state index in [1.165, 1.54) is 0 Å². The maximum Gasteiger partial charge on any atom is 0.310 e. The lowest BCUT2D eigenvalue weighted by atomic mass is 9.94. The second-order valence-electron chi connectivity index (χ2n) is 5.26. The Kier molecular flexibility index (Phi) is 3.79. The Bertz CT molecular complexity index is 638. The molecule has 0 aliphatic rings. The molecule has 2 rings (SSSR count). The summed E-state index contributed by atoms with van der Waals surface area (Å²) in [4.78, 5) is 15.4. The summed E-state index contributed by atoms with van der Waals surface area (Å²) < 4.78 is 5.32. The molecule has 0 spiro atoms. The van der Waals surface area contributed by atoms with Crippen LogP contribution in [0.1, 0.15) is 13.8 Å². The van der Waals surface area contributed by atoms with E-state index in [2.05, 4.69) is 10.3 Å². The highest BCUT2D eigenvalue weighted by Crippen LogP contribution is 2.29. The monoisotopic (exact) mass is 274 g/mol. The fourth-order valence-corrected chi connectivity index (χ4v) is 1.88. The van der Waals surface area contributed by atoms with Crippen molar-refractivity contribution in [2.75, 3.05) is 19.0 Å². The number of aliphatic carboxylic acids is 1. The molecule has 0 amide bonds. The first-order valence-corrected chi connectivity index (χ1v) is 6.35. The van der Waals surface area contributed by atoms with Crippen molar-refractivity contribution in [3.05, 3.63) is 30.5 Å². The molecule has 1 heterocycles. The predicted molar refractivity (Wildman–Crippen MR) is 78.2 cm³/mol. The number of rotatable bonds is 5. The Hall–Kier alpha value is -2.30. The van der Waals surface area contributed by atoms with E-state index in [0.29, 0.717) is 12.4 Å². The molecule has 0 aliphatic carbocycles. The van der Waals surface area contributed by atoms with Crippen LogP contribution in [0.25, 0.3) is 10.8 Å². The number of pyridine rings is 1. The van der Waals surface area contributed by atoms with Crippen molar-refractivity contribution in [3.8, 4) is 5.75 Å². The lowest BCUT2D eigenvalue weighted by Crippen LogP contribution is -2.32. The van der Waals surface area contributed by atoms with Gasteiger partial charge in [-0.05, 0) is 26.0 Å². The third-order valence-corrected chi connectivity index (χ3v) is 3.26. The minimum absolute atomic E-state index is 0.297. The van der Waals surface area contributed by atoms with Crippen molar-refractivity contribution >= 4 is 22.6 Å². The zero-order chi connectivity index (χ0) is 14.8. The topological polar surface area (TPSA) is 71.5 Å². The van der Waals surface area contributed by atoms with E-state index in [-0.39, 0.29) is 0 Å². The normalized spacial score (nSPS) is 11.3. The highest BCUT2D eigenvalue weighted by Gasteiger charge is 2.27. The molecule has 0 bridgehead atoms. The molecule has 0 fully saturated rings. The van der Waals surface area contributed by atoms with Crippen molar-refractivity contribution in [1.29, 1.82) is 0 Å². The Labute approximate surface area is 117 Å². The van der Waals surface area contributed by atoms with E-state index >= 15 is 0 Å². The molecule has 0 atom stereocenters. The molecule has 20 heavy (non-hydrogen) atoms. The van der Waals surface area contributed by atoms with Crippen LogP contribution in [0.5, 0.6) is 5.75 Å². The molecule has 5 nitrogen and oxygen atoms in total. The van der Waals surface area contributed by atoms with Gasteiger partial charge in [0.1, 0.15) is 11.6 Å². The molecule has 1 aromatic carbocycles. The third-order valence-electron chi connectivity index (χ3n) is 3.26.